The molecule has 2 amide bonds. The molecule has 0 radical (unpaired) electrons. The zero-order valence-electron chi connectivity index (χ0n) is 14.3. The molecule has 0 spiro atoms. The van der Waals surface area contributed by atoms with Gasteiger partial charge >= 0.3 is 0 Å². The minimum absolute atomic E-state index is 0. The van der Waals surface area contributed by atoms with E-state index in [-0.39, 0.29) is 30.3 Å². The number of hydrogen-bond donors (Lipinski definition) is 2. The van der Waals surface area contributed by atoms with Gasteiger partial charge in [-0.05, 0) is 19.3 Å². The molecule has 3 rings (SSSR count). The molecule has 0 aromatic rings. The SMILES string of the molecule is Cl.O=C(CC1CSCCN1)NC1CCN(C(=O)C2CCCCC2)C1. The number of carbonyl (C=O) groups is 2. The molecule has 2 aliphatic heterocycles. The van der Waals surface area contributed by atoms with Gasteiger partial charge in [0.05, 0.1) is 0 Å². The Kier molecular flexibility index (Phi) is 8.17. The maximum absolute atomic E-state index is 12.5. The van der Waals surface area contributed by atoms with E-state index in [1.807, 2.05) is 16.7 Å². The van der Waals surface area contributed by atoms with Crippen LogP contribution in [0.15, 0.2) is 0 Å². The second-order valence-corrected chi connectivity index (χ2v) is 8.25. The van der Waals surface area contributed by atoms with Crippen molar-refractivity contribution in [3.05, 3.63) is 0 Å². The summed E-state index contributed by atoms with van der Waals surface area (Å²) in [5, 5.41) is 6.53. The summed E-state index contributed by atoms with van der Waals surface area (Å²) in [5.74, 6) is 2.85. The molecule has 2 N–H and O–H groups in total. The summed E-state index contributed by atoms with van der Waals surface area (Å²) in [6.07, 6.45) is 7.22. The quantitative estimate of drug-likeness (QED) is 0.786. The molecule has 2 heterocycles. The third kappa shape index (κ3) is 5.53. The van der Waals surface area contributed by atoms with E-state index in [4.69, 9.17) is 0 Å². The Bertz CT molecular complexity index is 426. The number of rotatable bonds is 4. The number of carbonyl (C=O) groups excluding carboxylic acids is 2. The third-order valence-corrected chi connectivity index (χ3v) is 6.38. The molecule has 2 atom stereocenters. The minimum atomic E-state index is 0. The molecule has 138 valence electrons. The standard InChI is InChI=1S/C17H29N3O2S.ClH/c21-16(10-15-12-23-9-7-18-15)19-14-6-8-20(11-14)17(22)13-4-2-1-3-5-13;/h13-15,18H,1-12H2,(H,19,21);1H. The molecule has 3 fully saturated rings. The molecular weight excluding hydrogens is 346 g/mol. The molecule has 5 nitrogen and oxygen atoms in total. The fraction of sp³-hybridized carbons (Fsp3) is 0.882. The highest BCUT2D eigenvalue weighted by molar-refractivity contribution is 7.99. The van der Waals surface area contributed by atoms with Crippen molar-refractivity contribution in [1.82, 2.24) is 15.5 Å². The zero-order chi connectivity index (χ0) is 16.1. The van der Waals surface area contributed by atoms with Crippen molar-refractivity contribution in [2.45, 2.75) is 57.0 Å². The number of amides is 2. The minimum Gasteiger partial charge on any atom is -0.351 e. The first-order chi connectivity index (χ1) is 11.2. The van der Waals surface area contributed by atoms with E-state index in [0.717, 1.165) is 43.9 Å². The maximum atomic E-state index is 12.5. The number of thioether (sulfide) groups is 1. The van der Waals surface area contributed by atoms with Crippen molar-refractivity contribution in [2.24, 2.45) is 5.92 Å². The summed E-state index contributed by atoms with van der Waals surface area (Å²) in [7, 11) is 0. The van der Waals surface area contributed by atoms with Crippen molar-refractivity contribution in [1.29, 1.82) is 0 Å². The highest BCUT2D eigenvalue weighted by atomic mass is 35.5. The number of hydrogen-bond acceptors (Lipinski definition) is 4. The van der Waals surface area contributed by atoms with Crippen molar-refractivity contribution in [3.8, 4) is 0 Å². The van der Waals surface area contributed by atoms with Gasteiger partial charge in [0.25, 0.3) is 0 Å². The lowest BCUT2D eigenvalue weighted by Gasteiger charge is -2.26. The number of nitrogens with zero attached hydrogens (tertiary/aromatic N) is 1. The monoisotopic (exact) mass is 375 g/mol. The third-order valence-electron chi connectivity index (χ3n) is 5.25. The van der Waals surface area contributed by atoms with E-state index in [9.17, 15) is 9.59 Å². The van der Waals surface area contributed by atoms with Crippen LogP contribution in [0, 0.1) is 5.92 Å². The highest BCUT2D eigenvalue weighted by Gasteiger charge is 2.32. The van der Waals surface area contributed by atoms with Crippen LogP contribution in [0.1, 0.15) is 44.9 Å². The van der Waals surface area contributed by atoms with Crippen LogP contribution in [-0.2, 0) is 9.59 Å². The molecule has 1 aliphatic carbocycles. The molecular formula is C17H30ClN3O2S. The summed E-state index contributed by atoms with van der Waals surface area (Å²) in [6, 6.07) is 0.446. The molecule has 0 bridgehead atoms. The molecule has 3 aliphatic rings. The fourth-order valence-corrected chi connectivity index (χ4v) is 4.90. The number of nitrogens with one attached hydrogen (secondary N) is 2. The van der Waals surface area contributed by atoms with Gasteiger partial charge in [0.1, 0.15) is 0 Å². The van der Waals surface area contributed by atoms with Crippen molar-refractivity contribution in [2.75, 3.05) is 31.1 Å². The Morgan fingerprint density at radius 3 is 2.67 bits per heavy atom. The average Bonchev–Trinajstić information content (AvgIpc) is 3.04. The predicted molar refractivity (Wildman–Crippen MR) is 101 cm³/mol. The lowest BCUT2D eigenvalue weighted by molar-refractivity contribution is -0.135. The van der Waals surface area contributed by atoms with Gasteiger partial charge in [-0.25, -0.2) is 0 Å². The predicted octanol–water partition coefficient (Wildman–Crippen LogP) is 1.80. The van der Waals surface area contributed by atoms with Gasteiger partial charge in [-0.1, -0.05) is 19.3 Å². The fourth-order valence-electron chi connectivity index (χ4n) is 3.95. The van der Waals surface area contributed by atoms with Crippen LogP contribution in [0.2, 0.25) is 0 Å². The van der Waals surface area contributed by atoms with Crippen LogP contribution in [0.4, 0.5) is 0 Å². The Morgan fingerprint density at radius 2 is 1.96 bits per heavy atom. The van der Waals surface area contributed by atoms with Crippen LogP contribution in [0.3, 0.4) is 0 Å². The van der Waals surface area contributed by atoms with Gasteiger partial charge in [0.2, 0.25) is 11.8 Å². The van der Waals surface area contributed by atoms with Crippen LogP contribution < -0.4 is 10.6 Å². The van der Waals surface area contributed by atoms with E-state index in [2.05, 4.69) is 10.6 Å². The van der Waals surface area contributed by atoms with Crippen molar-refractivity contribution >= 4 is 36.0 Å². The van der Waals surface area contributed by atoms with E-state index in [1.54, 1.807) is 0 Å². The normalized spacial score (nSPS) is 28.2. The Labute approximate surface area is 155 Å². The van der Waals surface area contributed by atoms with E-state index < -0.39 is 0 Å². The van der Waals surface area contributed by atoms with Gasteiger partial charge in [-0.2, -0.15) is 11.8 Å². The van der Waals surface area contributed by atoms with Gasteiger partial charge in [0.15, 0.2) is 0 Å². The summed E-state index contributed by atoms with van der Waals surface area (Å²) >= 11 is 1.91. The summed E-state index contributed by atoms with van der Waals surface area (Å²) < 4.78 is 0. The van der Waals surface area contributed by atoms with E-state index in [1.165, 1.54) is 19.3 Å². The van der Waals surface area contributed by atoms with E-state index >= 15 is 0 Å². The van der Waals surface area contributed by atoms with Crippen LogP contribution in [0.5, 0.6) is 0 Å². The number of halogens is 1. The Hall–Kier alpha value is -0.460. The average molecular weight is 376 g/mol. The number of likely N-dealkylation sites (tertiary alicyclic amines) is 1. The molecule has 0 aromatic heterocycles. The summed E-state index contributed by atoms with van der Waals surface area (Å²) in [6.45, 7) is 2.50. The van der Waals surface area contributed by atoms with Gasteiger partial charge in [0, 0.05) is 55.6 Å². The second kappa shape index (κ2) is 9.88. The van der Waals surface area contributed by atoms with Gasteiger partial charge in [-0.3, -0.25) is 9.59 Å². The molecule has 2 saturated heterocycles. The lowest BCUT2D eigenvalue weighted by atomic mass is 9.88. The van der Waals surface area contributed by atoms with Crippen LogP contribution in [0.25, 0.3) is 0 Å². The lowest BCUT2D eigenvalue weighted by Crippen LogP contribution is -2.44. The van der Waals surface area contributed by atoms with Crippen LogP contribution >= 0.6 is 24.2 Å². The van der Waals surface area contributed by atoms with Crippen LogP contribution in [-0.4, -0.2) is 59.9 Å². The van der Waals surface area contributed by atoms with Gasteiger partial charge < -0.3 is 15.5 Å². The van der Waals surface area contributed by atoms with Gasteiger partial charge in [-0.15, -0.1) is 12.4 Å². The first kappa shape index (κ1) is 19.9. The van der Waals surface area contributed by atoms with E-state index in [0.29, 0.717) is 24.9 Å². The Balaban J connectivity index is 0.00000208. The molecule has 7 heteroatoms. The molecule has 0 aromatic carbocycles. The first-order valence-electron chi connectivity index (χ1n) is 9.11. The highest BCUT2D eigenvalue weighted by Crippen LogP contribution is 2.26. The summed E-state index contributed by atoms with van der Waals surface area (Å²) in [5.41, 5.74) is 0. The largest absolute Gasteiger partial charge is 0.351 e. The smallest absolute Gasteiger partial charge is 0.225 e. The zero-order valence-corrected chi connectivity index (χ0v) is 15.9. The topological polar surface area (TPSA) is 61.4 Å². The molecule has 2 unspecified atom stereocenters. The van der Waals surface area contributed by atoms with Crippen molar-refractivity contribution < 1.29 is 9.59 Å². The summed E-state index contributed by atoms with van der Waals surface area (Å²) in [4.78, 5) is 26.7. The Morgan fingerprint density at radius 1 is 1.17 bits per heavy atom. The molecule has 1 saturated carbocycles. The second-order valence-electron chi connectivity index (χ2n) is 7.10. The van der Waals surface area contributed by atoms with Crippen molar-refractivity contribution in [3.63, 3.8) is 0 Å². The maximum Gasteiger partial charge on any atom is 0.225 e. The molecule has 24 heavy (non-hydrogen) atoms. The first-order valence-corrected chi connectivity index (χ1v) is 10.3.